The Balaban J connectivity index is 1.44. The highest BCUT2D eigenvalue weighted by Crippen LogP contribution is 2.20. The van der Waals surface area contributed by atoms with Gasteiger partial charge in [-0.25, -0.2) is 9.18 Å². The molecule has 0 unspecified atom stereocenters. The maximum absolute atomic E-state index is 13.3. The maximum Gasteiger partial charge on any atom is 0.319 e. The summed E-state index contributed by atoms with van der Waals surface area (Å²) in [5.74, 6) is -0.260. The first-order valence-electron chi connectivity index (χ1n) is 9.11. The van der Waals surface area contributed by atoms with E-state index in [9.17, 15) is 14.0 Å². The molecule has 25 heavy (non-hydrogen) atoms. The second-order valence-electron chi connectivity index (χ2n) is 7.04. The van der Waals surface area contributed by atoms with Crippen LogP contribution in [0.4, 0.5) is 9.18 Å². The number of hydrogen-bond acceptors (Lipinski definition) is 2. The normalized spacial score (nSPS) is 18.5. The SMILES string of the molecule is Cc1cc(CNC(=O)C2CCN(C(=O)N3CCCC3)CC2)ccc1F. The molecule has 2 saturated heterocycles. The van der Waals surface area contributed by atoms with E-state index in [1.165, 1.54) is 6.07 Å². The van der Waals surface area contributed by atoms with Crippen LogP contribution < -0.4 is 5.32 Å². The summed E-state index contributed by atoms with van der Waals surface area (Å²) in [6, 6.07) is 5.00. The second-order valence-corrected chi connectivity index (χ2v) is 7.04. The van der Waals surface area contributed by atoms with Gasteiger partial charge in [0.2, 0.25) is 5.91 Å². The lowest BCUT2D eigenvalue weighted by atomic mass is 9.96. The number of likely N-dealkylation sites (tertiary alicyclic amines) is 2. The minimum Gasteiger partial charge on any atom is -0.352 e. The maximum atomic E-state index is 13.3. The molecule has 1 N–H and O–H groups in total. The predicted octanol–water partition coefficient (Wildman–Crippen LogP) is 2.68. The lowest BCUT2D eigenvalue weighted by Gasteiger charge is -2.34. The third-order valence-electron chi connectivity index (χ3n) is 5.20. The predicted molar refractivity (Wildman–Crippen MR) is 93.5 cm³/mol. The number of benzene rings is 1. The van der Waals surface area contributed by atoms with E-state index >= 15 is 0 Å². The van der Waals surface area contributed by atoms with Crippen molar-refractivity contribution in [3.05, 3.63) is 35.1 Å². The average Bonchev–Trinajstić information content (AvgIpc) is 3.16. The third kappa shape index (κ3) is 4.30. The monoisotopic (exact) mass is 347 g/mol. The van der Waals surface area contributed by atoms with Crippen LogP contribution in [0.15, 0.2) is 18.2 Å². The number of piperidine rings is 1. The van der Waals surface area contributed by atoms with Crippen molar-refractivity contribution in [2.24, 2.45) is 5.92 Å². The molecule has 0 aliphatic carbocycles. The Labute approximate surface area is 148 Å². The Morgan fingerprint density at radius 1 is 1.12 bits per heavy atom. The molecule has 0 bridgehead atoms. The zero-order valence-electron chi connectivity index (χ0n) is 14.8. The minimum absolute atomic E-state index is 0.0234. The minimum atomic E-state index is -0.231. The van der Waals surface area contributed by atoms with Crippen molar-refractivity contribution in [3.63, 3.8) is 0 Å². The smallest absolute Gasteiger partial charge is 0.319 e. The fourth-order valence-electron chi connectivity index (χ4n) is 3.59. The molecule has 2 fully saturated rings. The molecule has 1 aromatic carbocycles. The zero-order valence-corrected chi connectivity index (χ0v) is 14.8. The van der Waals surface area contributed by atoms with Gasteiger partial charge < -0.3 is 15.1 Å². The number of aryl methyl sites for hydroxylation is 1. The van der Waals surface area contributed by atoms with E-state index in [1.807, 2.05) is 9.80 Å². The Kier molecular flexibility index (Phi) is 5.56. The molecule has 0 spiro atoms. The average molecular weight is 347 g/mol. The van der Waals surface area contributed by atoms with Gasteiger partial charge in [0.25, 0.3) is 0 Å². The van der Waals surface area contributed by atoms with Gasteiger partial charge in [-0.2, -0.15) is 0 Å². The van der Waals surface area contributed by atoms with Crippen LogP contribution in [0.3, 0.4) is 0 Å². The van der Waals surface area contributed by atoms with Gasteiger partial charge in [-0.3, -0.25) is 4.79 Å². The molecule has 5 nitrogen and oxygen atoms in total. The lowest BCUT2D eigenvalue weighted by molar-refractivity contribution is -0.126. The number of carbonyl (C=O) groups is 2. The number of hydrogen-bond donors (Lipinski definition) is 1. The third-order valence-corrected chi connectivity index (χ3v) is 5.20. The Morgan fingerprint density at radius 2 is 1.76 bits per heavy atom. The molecule has 0 saturated carbocycles. The molecule has 136 valence electrons. The fraction of sp³-hybridized carbons (Fsp3) is 0.579. The van der Waals surface area contributed by atoms with Crippen LogP contribution in [0, 0.1) is 18.7 Å². The molecule has 2 aliphatic heterocycles. The van der Waals surface area contributed by atoms with Crippen LogP contribution in [-0.4, -0.2) is 47.9 Å². The molecule has 1 aromatic rings. The molecule has 0 radical (unpaired) electrons. The number of nitrogens with one attached hydrogen (secondary N) is 1. The standard InChI is InChI=1S/C19H26FN3O2/c1-14-12-15(4-5-17(14)20)13-21-18(24)16-6-10-23(11-7-16)19(25)22-8-2-3-9-22/h4-5,12,16H,2-3,6-11,13H2,1H3,(H,21,24). The summed E-state index contributed by atoms with van der Waals surface area (Å²) in [6.07, 6.45) is 3.59. The first-order valence-corrected chi connectivity index (χ1v) is 9.11. The zero-order chi connectivity index (χ0) is 17.8. The quantitative estimate of drug-likeness (QED) is 0.914. The Morgan fingerprint density at radius 3 is 2.40 bits per heavy atom. The molecule has 3 rings (SSSR count). The van der Waals surface area contributed by atoms with Crippen LogP contribution in [0.2, 0.25) is 0 Å². The highest BCUT2D eigenvalue weighted by molar-refractivity contribution is 5.79. The lowest BCUT2D eigenvalue weighted by Crippen LogP contribution is -2.47. The van der Waals surface area contributed by atoms with E-state index in [2.05, 4.69) is 5.32 Å². The van der Waals surface area contributed by atoms with Gasteiger partial charge in [0.05, 0.1) is 0 Å². The van der Waals surface area contributed by atoms with Gasteiger partial charge in [0.15, 0.2) is 0 Å². The van der Waals surface area contributed by atoms with Gasteiger partial charge in [0, 0.05) is 38.6 Å². The van der Waals surface area contributed by atoms with Gasteiger partial charge in [-0.05, 0) is 49.8 Å². The number of carbonyl (C=O) groups excluding carboxylic acids is 2. The molecule has 2 heterocycles. The summed E-state index contributed by atoms with van der Waals surface area (Å²) in [7, 11) is 0. The summed E-state index contributed by atoms with van der Waals surface area (Å²) < 4.78 is 13.3. The van der Waals surface area contributed by atoms with Crippen LogP contribution in [-0.2, 0) is 11.3 Å². The van der Waals surface area contributed by atoms with Crippen molar-refractivity contribution in [1.29, 1.82) is 0 Å². The van der Waals surface area contributed by atoms with E-state index in [1.54, 1.807) is 19.1 Å². The number of halogens is 1. The van der Waals surface area contributed by atoms with E-state index in [4.69, 9.17) is 0 Å². The molecule has 6 heteroatoms. The first kappa shape index (κ1) is 17.7. The van der Waals surface area contributed by atoms with Crippen molar-refractivity contribution in [1.82, 2.24) is 15.1 Å². The summed E-state index contributed by atoms with van der Waals surface area (Å²) in [5, 5.41) is 2.94. The van der Waals surface area contributed by atoms with E-state index in [0.717, 1.165) is 31.5 Å². The molecule has 3 amide bonds. The van der Waals surface area contributed by atoms with Crippen LogP contribution in [0.1, 0.15) is 36.8 Å². The number of rotatable bonds is 3. The van der Waals surface area contributed by atoms with Crippen molar-refractivity contribution in [2.75, 3.05) is 26.2 Å². The fourth-order valence-corrected chi connectivity index (χ4v) is 3.59. The number of amides is 3. The van der Waals surface area contributed by atoms with Crippen LogP contribution in [0.5, 0.6) is 0 Å². The topological polar surface area (TPSA) is 52.7 Å². The van der Waals surface area contributed by atoms with Crippen molar-refractivity contribution >= 4 is 11.9 Å². The molecular formula is C19H26FN3O2. The largest absolute Gasteiger partial charge is 0.352 e. The van der Waals surface area contributed by atoms with Gasteiger partial charge in [-0.15, -0.1) is 0 Å². The molecule has 0 aromatic heterocycles. The first-order chi connectivity index (χ1) is 12.0. The van der Waals surface area contributed by atoms with E-state index < -0.39 is 0 Å². The van der Waals surface area contributed by atoms with Gasteiger partial charge in [0.1, 0.15) is 5.82 Å². The van der Waals surface area contributed by atoms with Crippen LogP contribution in [0.25, 0.3) is 0 Å². The second kappa shape index (κ2) is 7.85. The number of nitrogens with zero attached hydrogens (tertiary/aromatic N) is 2. The summed E-state index contributed by atoms with van der Waals surface area (Å²) in [4.78, 5) is 28.5. The summed E-state index contributed by atoms with van der Waals surface area (Å²) in [6.45, 7) is 5.12. The number of urea groups is 1. The van der Waals surface area contributed by atoms with E-state index in [0.29, 0.717) is 38.0 Å². The van der Waals surface area contributed by atoms with Crippen molar-refractivity contribution in [3.8, 4) is 0 Å². The van der Waals surface area contributed by atoms with Gasteiger partial charge in [-0.1, -0.05) is 12.1 Å². The Bertz CT molecular complexity index is 636. The van der Waals surface area contributed by atoms with Crippen molar-refractivity contribution < 1.29 is 14.0 Å². The molecule has 2 aliphatic rings. The molecule has 0 atom stereocenters. The highest BCUT2D eigenvalue weighted by atomic mass is 19.1. The Hall–Kier alpha value is -2.11. The van der Waals surface area contributed by atoms with Crippen LogP contribution >= 0.6 is 0 Å². The van der Waals surface area contributed by atoms with Gasteiger partial charge >= 0.3 is 6.03 Å². The van der Waals surface area contributed by atoms with E-state index in [-0.39, 0.29) is 23.7 Å². The summed E-state index contributed by atoms with van der Waals surface area (Å²) in [5.41, 5.74) is 1.48. The van der Waals surface area contributed by atoms with Crippen molar-refractivity contribution in [2.45, 2.75) is 39.2 Å². The highest BCUT2D eigenvalue weighted by Gasteiger charge is 2.30. The summed E-state index contributed by atoms with van der Waals surface area (Å²) >= 11 is 0. The molecular weight excluding hydrogens is 321 g/mol.